The summed E-state index contributed by atoms with van der Waals surface area (Å²) < 4.78 is 5.39. The van der Waals surface area contributed by atoms with Crippen LogP contribution in [-0.2, 0) is 4.79 Å². The maximum Gasteiger partial charge on any atom is 0.277 e. The Labute approximate surface area is 134 Å². The minimum absolute atomic E-state index is 0.120. The molecule has 6 heteroatoms. The van der Waals surface area contributed by atoms with Crippen molar-refractivity contribution < 1.29 is 9.53 Å². The molecule has 2 rings (SSSR count). The van der Waals surface area contributed by atoms with Crippen LogP contribution in [0.25, 0.3) is 0 Å². The molecule has 1 amide bonds. The molecule has 1 heterocycles. The molecular formula is C16H16ClN3O2. The topological polar surface area (TPSA) is 63.6 Å². The van der Waals surface area contributed by atoms with E-state index in [0.29, 0.717) is 16.5 Å². The summed E-state index contributed by atoms with van der Waals surface area (Å²) >= 11 is 5.93. The Morgan fingerprint density at radius 2 is 2.23 bits per heavy atom. The lowest BCUT2D eigenvalue weighted by molar-refractivity contribution is -0.123. The number of hydrazone groups is 1. The van der Waals surface area contributed by atoms with Gasteiger partial charge in [-0.2, -0.15) is 5.10 Å². The summed E-state index contributed by atoms with van der Waals surface area (Å²) in [6.45, 7) is 3.54. The Kier molecular flexibility index (Phi) is 5.49. The SMILES string of the molecule is C/C(=N\NC(=O)COc1ccc(Cl)c(C)c1)c1cccnc1. The second-order valence-electron chi connectivity index (χ2n) is 4.67. The molecular weight excluding hydrogens is 302 g/mol. The number of hydrogen-bond acceptors (Lipinski definition) is 4. The first-order chi connectivity index (χ1) is 10.6. The van der Waals surface area contributed by atoms with Crippen molar-refractivity contribution in [1.82, 2.24) is 10.4 Å². The maximum atomic E-state index is 11.7. The number of carbonyl (C=O) groups is 1. The predicted octanol–water partition coefficient (Wildman–Crippen LogP) is 2.96. The molecule has 0 spiro atoms. The number of rotatable bonds is 5. The lowest BCUT2D eigenvalue weighted by Crippen LogP contribution is -2.25. The Bertz CT molecular complexity index is 687. The summed E-state index contributed by atoms with van der Waals surface area (Å²) in [7, 11) is 0. The van der Waals surface area contributed by atoms with Gasteiger partial charge in [-0.15, -0.1) is 0 Å². The molecule has 0 saturated carbocycles. The zero-order valence-electron chi connectivity index (χ0n) is 12.3. The summed E-state index contributed by atoms with van der Waals surface area (Å²) in [5.74, 6) is 0.251. The van der Waals surface area contributed by atoms with Crippen LogP contribution in [0.15, 0.2) is 47.8 Å². The molecule has 0 atom stereocenters. The minimum atomic E-state index is -0.337. The van der Waals surface area contributed by atoms with Crippen LogP contribution >= 0.6 is 11.6 Å². The normalized spacial score (nSPS) is 11.1. The van der Waals surface area contributed by atoms with Gasteiger partial charge in [-0.05, 0) is 43.7 Å². The number of ether oxygens (including phenoxy) is 1. The predicted molar refractivity (Wildman–Crippen MR) is 86.3 cm³/mol. The Morgan fingerprint density at radius 1 is 1.41 bits per heavy atom. The summed E-state index contributed by atoms with van der Waals surface area (Å²) in [4.78, 5) is 15.7. The zero-order valence-corrected chi connectivity index (χ0v) is 13.1. The van der Waals surface area contributed by atoms with Crippen molar-refractivity contribution in [3.05, 3.63) is 58.9 Å². The number of aryl methyl sites for hydroxylation is 1. The van der Waals surface area contributed by atoms with Crippen molar-refractivity contribution in [1.29, 1.82) is 0 Å². The highest BCUT2D eigenvalue weighted by atomic mass is 35.5. The van der Waals surface area contributed by atoms with E-state index >= 15 is 0 Å². The van der Waals surface area contributed by atoms with Crippen LogP contribution in [0, 0.1) is 6.92 Å². The summed E-state index contributed by atoms with van der Waals surface area (Å²) in [6, 6.07) is 8.90. The number of halogens is 1. The Morgan fingerprint density at radius 3 is 2.91 bits per heavy atom. The Hall–Kier alpha value is -2.40. The molecule has 22 heavy (non-hydrogen) atoms. The van der Waals surface area contributed by atoms with Crippen molar-refractivity contribution in [3.8, 4) is 5.75 Å². The van der Waals surface area contributed by atoms with Gasteiger partial charge in [0.2, 0.25) is 0 Å². The largest absolute Gasteiger partial charge is 0.484 e. The number of nitrogens with zero attached hydrogens (tertiary/aromatic N) is 2. The van der Waals surface area contributed by atoms with Crippen molar-refractivity contribution in [3.63, 3.8) is 0 Å². The van der Waals surface area contributed by atoms with Gasteiger partial charge < -0.3 is 4.74 Å². The van der Waals surface area contributed by atoms with E-state index in [2.05, 4.69) is 15.5 Å². The van der Waals surface area contributed by atoms with Crippen LogP contribution < -0.4 is 10.2 Å². The lowest BCUT2D eigenvalue weighted by atomic mass is 10.2. The maximum absolute atomic E-state index is 11.7. The van der Waals surface area contributed by atoms with Crippen LogP contribution in [0.5, 0.6) is 5.75 Å². The molecule has 0 saturated heterocycles. The van der Waals surface area contributed by atoms with E-state index in [9.17, 15) is 4.79 Å². The monoisotopic (exact) mass is 317 g/mol. The smallest absolute Gasteiger partial charge is 0.277 e. The number of nitrogens with one attached hydrogen (secondary N) is 1. The average molecular weight is 318 g/mol. The molecule has 0 unspecified atom stereocenters. The third-order valence-corrected chi connectivity index (χ3v) is 3.35. The van der Waals surface area contributed by atoms with Crippen molar-refractivity contribution in [2.45, 2.75) is 13.8 Å². The molecule has 0 aliphatic rings. The van der Waals surface area contributed by atoms with Gasteiger partial charge in [-0.25, -0.2) is 5.43 Å². The number of aromatic nitrogens is 1. The van der Waals surface area contributed by atoms with Crippen molar-refractivity contribution in [2.75, 3.05) is 6.61 Å². The van der Waals surface area contributed by atoms with Crippen molar-refractivity contribution in [2.24, 2.45) is 5.10 Å². The van der Waals surface area contributed by atoms with Crippen LogP contribution in [0.3, 0.4) is 0 Å². The molecule has 0 radical (unpaired) electrons. The second kappa shape index (κ2) is 7.56. The van der Waals surface area contributed by atoms with Gasteiger partial charge in [0.05, 0.1) is 5.71 Å². The fourth-order valence-corrected chi connectivity index (χ4v) is 1.79. The van der Waals surface area contributed by atoms with Crippen LogP contribution in [0.2, 0.25) is 5.02 Å². The molecule has 5 nitrogen and oxygen atoms in total. The highest BCUT2D eigenvalue weighted by Gasteiger charge is 2.04. The highest BCUT2D eigenvalue weighted by molar-refractivity contribution is 6.31. The molecule has 2 aromatic rings. The Balaban J connectivity index is 1.86. The first kappa shape index (κ1) is 16.0. The van der Waals surface area contributed by atoms with Crippen LogP contribution in [0.1, 0.15) is 18.1 Å². The van der Waals surface area contributed by atoms with E-state index in [1.54, 1.807) is 37.5 Å². The molecule has 114 valence electrons. The van der Waals surface area contributed by atoms with E-state index in [0.717, 1.165) is 11.1 Å². The molecule has 0 aliphatic heterocycles. The average Bonchev–Trinajstić information content (AvgIpc) is 2.54. The van der Waals surface area contributed by atoms with Gasteiger partial charge >= 0.3 is 0 Å². The van der Waals surface area contributed by atoms with E-state index < -0.39 is 0 Å². The number of amides is 1. The van der Waals surface area contributed by atoms with Crippen LogP contribution in [-0.4, -0.2) is 23.2 Å². The molecule has 1 aromatic carbocycles. The fourth-order valence-electron chi connectivity index (χ4n) is 1.68. The first-order valence-corrected chi connectivity index (χ1v) is 7.06. The summed E-state index contributed by atoms with van der Waals surface area (Å²) in [5.41, 5.74) is 4.86. The third kappa shape index (κ3) is 4.56. The van der Waals surface area contributed by atoms with Gasteiger partial charge in [0.1, 0.15) is 5.75 Å². The van der Waals surface area contributed by atoms with Crippen molar-refractivity contribution >= 4 is 23.2 Å². The van der Waals surface area contributed by atoms with E-state index in [-0.39, 0.29) is 12.5 Å². The van der Waals surface area contributed by atoms with Gasteiger partial charge in [-0.1, -0.05) is 17.7 Å². The molecule has 0 fully saturated rings. The van der Waals surface area contributed by atoms with Gasteiger partial charge in [-0.3, -0.25) is 9.78 Å². The third-order valence-electron chi connectivity index (χ3n) is 2.93. The quantitative estimate of drug-likeness (QED) is 0.681. The summed E-state index contributed by atoms with van der Waals surface area (Å²) in [6.07, 6.45) is 3.36. The number of hydrogen-bond donors (Lipinski definition) is 1. The molecule has 1 N–H and O–H groups in total. The zero-order chi connectivity index (χ0) is 15.9. The molecule has 0 bridgehead atoms. The van der Waals surface area contributed by atoms with E-state index in [4.69, 9.17) is 16.3 Å². The standard InChI is InChI=1S/C16H16ClN3O2/c1-11-8-14(5-6-15(11)17)22-10-16(21)20-19-12(2)13-4-3-7-18-9-13/h3-9H,10H2,1-2H3,(H,20,21)/b19-12+. The van der Waals surface area contributed by atoms with E-state index in [1.165, 1.54) is 0 Å². The number of benzene rings is 1. The minimum Gasteiger partial charge on any atom is -0.484 e. The summed E-state index contributed by atoms with van der Waals surface area (Å²) in [5, 5.41) is 4.67. The fraction of sp³-hybridized carbons (Fsp3) is 0.188. The molecule has 1 aromatic heterocycles. The second-order valence-corrected chi connectivity index (χ2v) is 5.08. The highest BCUT2D eigenvalue weighted by Crippen LogP contribution is 2.20. The molecule has 0 aliphatic carbocycles. The first-order valence-electron chi connectivity index (χ1n) is 6.69. The number of pyridine rings is 1. The van der Waals surface area contributed by atoms with Gasteiger partial charge in [0, 0.05) is 23.0 Å². The van der Waals surface area contributed by atoms with Gasteiger partial charge in [0.25, 0.3) is 5.91 Å². The van der Waals surface area contributed by atoms with Crippen LogP contribution in [0.4, 0.5) is 0 Å². The van der Waals surface area contributed by atoms with E-state index in [1.807, 2.05) is 19.1 Å². The number of carbonyl (C=O) groups excluding carboxylic acids is 1. The lowest BCUT2D eigenvalue weighted by Gasteiger charge is -2.07. The van der Waals surface area contributed by atoms with Gasteiger partial charge in [0.15, 0.2) is 6.61 Å².